The van der Waals surface area contributed by atoms with Crippen molar-refractivity contribution in [1.82, 2.24) is 5.32 Å². The molecule has 0 spiro atoms. The largest absolute Gasteiger partial charge is 0.353 e. The average Bonchev–Trinajstić information content (AvgIpc) is 2.65. The van der Waals surface area contributed by atoms with E-state index in [1.54, 1.807) is 0 Å². The minimum atomic E-state index is -0.504. The number of nitrogens with one attached hydrogen (secondary N) is 1. The van der Waals surface area contributed by atoms with Gasteiger partial charge in [-0.3, -0.25) is 4.79 Å². The maximum atomic E-state index is 12.2. The zero-order valence-corrected chi connectivity index (χ0v) is 12.2. The van der Waals surface area contributed by atoms with E-state index in [4.69, 9.17) is 9.47 Å². The molecule has 2 aliphatic rings. The van der Waals surface area contributed by atoms with Gasteiger partial charge >= 0.3 is 0 Å². The van der Waals surface area contributed by atoms with Gasteiger partial charge in [0.05, 0.1) is 6.61 Å². The molecule has 0 aromatic heterocycles. The third-order valence-corrected chi connectivity index (χ3v) is 4.05. The van der Waals surface area contributed by atoms with E-state index in [0.29, 0.717) is 13.2 Å². The minimum absolute atomic E-state index is 0.00694. The zero-order chi connectivity index (χ0) is 13.7. The Labute approximate surface area is 116 Å². The first-order valence-corrected chi connectivity index (χ1v) is 7.66. The van der Waals surface area contributed by atoms with Crippen LogP contribution in [0.25, 0.3) is 0 Å². The second kappa shape index (κ2) is 6.71. The fourth-order valence-corrected chi connectivity index (χ4v) is 2.94. The lowest BCUT2D eigenvalue weighted by atomic mass is 9.90. The van der Waals surface area contributed by atoms with E-state index in [0.717, 1.165) is 12.8 Å². The highest BCUT2D eigenvalue weighted by Crippen LogP contribution is 2.23. The van der Waals surface area contributed by atoms with Gasteiger partial charge in [0.1, 0.15) is 6.10 Å². The number of amides is 1. The number of carbonyl (C=O) groups is 1. The van der Waals surface area contributed by atoms with Crippen molar-refractivity contribution >= 4 is 5.91 Å². The molecule has 1 aliphatic carbocycles. The van der Waals surface area contributed by atoms with Crippen LogP contribution >= 0.6 is 0 Å². The smallest absolute Gasteiger partial charge is 0.223 e. The molecular weight excluding hydrogens is 242 g/mol. The summed E-state index contributed by atoms with van der Waals surface area (Å²) < 4.78 is 11.2. The van der Waals surface area contributed by atoms with Crippen LogP contribution in [0.3, 0.4) is 0 Å². The molecular formula is C15H27NO3. The lowest BCUT2D eigenvalue weighted by Gasteiger charge is -2.21. The highest BCUT2D eigenvalue weighted by atomic mass is 16.7. The third-order valence-electron chi connectivity index (χ3n) is 4.05. The van der Waals surface area contributed by atoms with Crippen LogP contribution in [-0.2, 0) is 14.3 Å². The number of carbonyl (C=O) groups excluding carboxylic acids is 1. The molecule has 1 saturated heterocycles. The predicted octanol–water partition coefficient (Wildman–Crippen LogP) is 2.61. The summed E-state index contributed by atoms with van der Waals surface area (Å²) >= 11 is 0. The first kappa shape index (κ1) is 14.8. The maximum Gasteiger partial charge on any atom is 0.223 e. The van der Waals surface area contributed by atoms with E-state index >= 15 is 0 Å². The van der Waals surface area contributed by atoms with E-state index in [2.05, 4.69) is 5.32 Å². The molecule has 0 aromatic rings. The summed E-state index contributed by atoms with van der Waals surface area (Å²) in [6, 6.07) is 0. The first-order chi connectivity index (χ1) is 9.07. The van der Waals surface area contributed by atoms with E-state index in [1.165, 1.54) is 32.1 Å². The molecule has 1 saturated carbocycles. The van der Waals surface area contributed by atoms with E-state index in [-0.39, 0.29) is 17.9 Å². The van der Waals surface area contributed by atoms with Crippen LogP contribution in [0.15, 0.2) is 0 Å². The zero-order valence-electron chi connectivity index (χ0n) is 12.2. The van der Waals surface area contributed by atoms with Gasteiger partial charge in [0.25, 0.3) is 0 Å². The molecule has 4 nitrogen and oxygen atoms in total. The predicted molar refractivity (Wildman–Crippen MR) is 73.7 cm³/mol. The molecule has 2 rings (SSSR count). The molecule has 0 aromatic carbocycles. The quantitative estimate of drug-likeness (QED) is 0.856. The lowest BCUT2D eigenvalue weighted by Crippen LogP contribution is -2.38. The number of hydrogen-bond donors (Lipinski definition) is 1. The molecule has 0 bridgehead atoms. The Balaban J connectivity index is 1.71. The van der Waals surface area contributed by atoms with Crippen molar-refractivity contribution in [3.8, 4) is 0 Å². The highest BCUT2D eigenvalue weighted by molar-refractivity contribution is 5.78. The van der Waals surface area contributed by atoms with Crippen LogP contribution in [0.1, 0.15) is 58.8 Å². The molecule has 0 radical (unpaired) electrons. The SMILES string of the molecule is CC1(C)OCC(CNC(=O)C2CCCCCCC2)O1. The van der Waals surface area contributed by atoms with Gasteiger partial charge in [-0.05, 0) is 26.7 Å². The standard InChI is InChI=1S/C15H27NO3/c1-15(2)18-11-13(19-15)10-16-14(17)12-8-6-4-3-5-7-9-12/h12-13H,3-11H2,1-2H3,(H,16,17). The van der Waals surface area contributed by atoms with Gasteiger partial charge in [-0.15, -0.1) is 0 Å². The van der Waals surface area contributed by atoms with Gasteiger partial charge in [-0.1, -0.05) is 32.1 Å². The minimum Gasteiger partial charge on any atom is -0.353 e. The number of rotatable bonds is 3. The molecule has 1 unspecified atom stereocenters. The van der Waals surface area contributed by atoms with Crippen molar-refractivity contribution in [2.75, 3.05) is 13.2 Å². The molecule has 1 heterocycles. The van der Waals surface area contributed by atoms with Crippen molar-refractivity contribution in [1.29, 1.82) is 0 Å². The fourth-order valence-electron chi connectivity index (χ4n) is 2.94. The van der Waals surface area contributed by atoms with E-state index in [9.17, 15) is 4.79 Å². The first-order valence-electron chi connectivity index (χ1n) is 7.66. The molecule has 1 amide bonds. The van der Waals surface area contributed by atoms with Crippen LogP contribution in [0, 0.1) is 5.92 Å². The van der Waals surface area contributed by atoms with Gasteiger partial charge in [-0.25, -0.2) is 0 Å². The van der Waals surface area contributed by atoms with Gasteiger partial charge in [-0.2, -0.15) is 0 Å². The molecule has 1 N–H and O–H groups in total. The summed E-state index contributed by atoms with van der Waals surface area (Å²) in [5, 5.41) is 3.04. The Morgan fingerprint density at radius 1 is 1.16 bits per heavy atom. The van der Waals surface area contributed by atoms with Crippen LogP contribution < -0.4 is 5.32 Å². The third kappa shape index (κ3) is 4.77. The Kier molecular flexibility index (Phi) is 5.22. The summed E-state index contributed by atoms with van der Waals surface area (Å²) in [5.74, 6) is -0.0962. The van der Waals surface area contributed by atoms with E-state index < -0.39 is 5.79 Å². The van der Waals surface area contributed by atoms with Crippen molar-refractivity contribution < 1.29 is 14.3 Å². The van der Waals surface area contributed by atoms with Gasteiger partial charge in [0.15, 0.2) is 5.79 Å². The topological polar surface area (TPSA) is 47.6 Å². The molecule has 1 aliphatic heterocycles. The number of ether oxygens (including phenoxy) is 2. The van der Waals surface area contributed by atoms with Gasteiger partial charge < -0.3 is 14.8 Å². The normalized spacial score (nSPS) is 28.6. The van der Waals surface area contributed by atoms with Crippen LogP contribution in [0.2, 0.25) is 0 Å². The Hall–Kier alpha value is -0.610. The maximum absolute atomic E-state index is 12.2. The molecule has 19 heavy (non-hydrogen) atoms. The van der Waals surface area contributed by atoms with Gasteiger partial charge in [0.2, 0.25) is 5.91 Å². The van der Waals surface area contributed by atoms with Gasteiger partial charge in [0, 0.05) is 12.5 Å². The summed E-state index contributed by atoms with van der Waals surface area (Å²) in [5.41, 5.74) is 0. The summed E-state index contributed by atoms with van der Waals surface area (Å²) in [6.45, 7) is 4.95. The molecule has 2 fully saturated rings. The van der Waals surface area contributed by atoms with Crippen molar-refractivity contribution in [3.63, 3.8) is 0 Å². The summed E-state index contributed by atoms with van der Waals surface area (Å²) in [7, 11) is 0. The van der Waals surface area contributed by atoms with Crippen molar-refractivity contribution in [2.45, 2.75) is 70.7 Å². The van der Waals surface area contributed by atoms with Crippen LogP contribution in [-0.4, -0.2) is 30.9 Å². The van der Waals surface area contributed by atoms with Crippen LogP contribution in [0.5, 0.6) is 0 Å². The molecule has 4 heteroatoms. The van der Waals surface area contributed by atoms with Crippen molar-refractivity contribution in [2.24, 2.45) is 5.92 Å². The second-order valence-corrected chi connectivity index (χ2v) is 6.24. The summed E-state index contributed by atoms with van der Waals surface area (Å²) in [6.07, 6.45) is 8.33. The number of hydrogen-bond acceptors (Lipinski definition) is 3. The van der Waals surface area contributed by atoms with Crippen LogP contribution in [0.4, 0.5) is 0 Å². The van der Waals surface area contributed by atoms with E-state index in [1.807, 2.05) is 13.8 Å². The highest BCUT2D eigenvalue weighted by Gasteiger charge is 2.33. The molecule has 110 valence electrons. The lowest BCUT2D eigenvalue weighted by molar-refractivity contribution is -0.140. The average molecular weight is 269 g/mol. The Morgan fingerprint density at radius 3 is 2.37 bits per heavy atom. The fraction of sp³-hybridized carbons (Fsp3) is 0.933. The van der Waals surface area contributed by atoms with Crippen molar-refractivity contribution in [3.05, 3.63) is 0 Å². The Bertz CT molecular complexity index is 296. The summed E-state index contributed by atoms with van der Waals surface area (Å²) in [4.78, 5) is 12.2. The second-order valence-electron chi connectivity index (χ2n) is 6.24. The molecule has 1 atom stereocenters. The monoisotopic (exact) mass is 269 g/mol. The Morgan fingerprint density at radius 2 is 1.79 bits per heavy atom.